The predicted octanol–water partition coefficient (Wildman–Crippen LogP) is 6.09. The highest BCUT2D eigenvalue weighted by atomic mass is 79.9. The van der Waals surface area contributed by atoms with Gasteiger partial charge < -0.3 is 9.30 Å². The van der Waals surface area contributed by atoms with Crippen LogP contribution in [0.4, 0.5) is 5.69 Å². The van der Waals surface area contributed by atoms with E-state index >= 15 is 0 Å². The summed E-state index contributed by atoms with van der Waals surface area (Å²) in [5.41, 5.74) is 6.72. The van der Waals surface area contributed by atoms with Crippen LogP contribution in [-0.2, 0) is 4.74 Å². The zero-order valence-corrected chi connectivity index (χ0v) is 18.1. The Kier molecular flexibility index (Phi) is 6.15. The van der Waals surface area contributed by atoms with Crippen molar-refractivity contribution in [3.8, 4) is 5.69 Å². The molecule has 0 aliphatic carbocycles. The standard InChI is InChI=1S/C23H23BrN2O2/c1-5-28-23(27)18-7-6-8-20(13-18)26-16(3)12-19(17(26)4)14-25-22-10-9-15(2)11-21(22)24/h6-14H,5H2,1-4H3. The van der Waals surface area contributed by atoms with Crippen molar-refractivity contribution in [2.24, 2.45) is 4.99 Å². The summed E-state index contributed by atoms with van der Waals surface area (Å²) in [6.07, 6.45) is 1.88. The summed E-state index contributed by atoms with van der Waals surface area (Å²) >= 11 is 3.57. The number of aryl methyl sites for hydroxylation is 2. The Morgan fingerprint density at radius 2 is 1.93 bits per heavy atom. The van der Waals surface area contributed by atoms with E-state index in [1.54, 1.807) is 13.0 Å². The summed E-state index contributed by atoms with van der Waals surface area (Å²) in [7, 11) is 0. The molecule has 0 saturated carbocycles. The second-order valence-corrected chi connectivity index (χ2v) is 7.50. The lowest BCUT2D eigenvalue weighted by atomic mass is 10.2. The van der Waals surface area contributed by atoms with Crippen LogP contribution in [0.3, 0.4) is 0 Å². The zero-order valence-electron chi connectivity index (χ0n) is 16.5. The molecule has 0 atom stereocenters. The van der Waals surface area contributed by atoms with Gasteiger partial charge in [0.05, 0.1) is 17.9 Å². The second kappa shape index (κ2) is 8.57. The van der Waals surface area contributed by atoms with Crippen LogP contribution in [0.2, 0.25) is 0 Å². The quantitative estimate of drug-likeness (QED) is 0.357. The smallest absolute Gasteiger partial charge is 0.338 e. The summed E-state index contributed by atoms with van der Waals surface area (Å²) in [5, 5.41) is 0. The molecule has 144 valence electrons. The molecule has 0 saturated heterocycles. The maximum Gasteiger partial charge on any atom is 0.338 e. The van der Waals surface area contributed by atoms with Gasteiger partial charge in [0.2, 0.25) is 0 Å². The fourth-order valence-electron chi connectivity index (χ4n) is 3.16. The minimum atomic E-state index is -0.308. The number of hydrogen-bond acceptors (Lipinski definition) is 3. The Labute approximate surface area is 174 Å². The van der Waals surface area contributed by atoms with Crippen LogP contribution in [0.5, 0.6) is 0 Å². The topological polar surface area (TPSA) is 43.6 Å². The average molecular weight is 439 g/mol. The SMILES string of the molecule is CCOC(=O)c1cccc(-n2c(C)cc(C=Nc3ccc(C)cc3Br)c2C)c1. The van der Waals surface area contributed by atoms with Gasteiger partial charge in [-0.2, -0.15) is 0 Å². The molecule has 1 aromatic heterocycles. The third-order valence-electron chi connectivity index (χ3n) is 4.53. The number of benzene rings is 2. The molecule has 0 bridgehead atoms. The lowest BCUT2D eigenvalue weighted by molar-refractivity contribution is 0.0526. The molecular weight excluding hydrogens is 416 g/mol. The minimum absolute atomic E-state index is 0.308. The number of hydrogen-bond donors (Lipinski definition) is 0. The largest absolute Gasteiger partial charge is 0.462 e. The number of carbonyl (C=O) groups is 1. The van der Waals surface area contributed by atoms with Crippen molar-refractivity contribution in [2.45, 2.75) is 27.7 Å². The van der Waals surface area contributed by atoms with Crippen molar-refractivity contribution >= 4 is 33.8 Å². The van der Waals surface area contributed by atoms with E-state index in [0.29, 0.717) is 12.2 Å². The number of ether oxygens (including phenoxy) is 1. The molecule has 1 heterocycles. The first-order chi connectivity index (χ1) is 13.4. The van der Waals surface area contributed by atoms with Gasteiger partial charge in [-0.1, -0.05) is 12.1 Å². The lowest BCUT2D eigenvalue weighted by Gasteiger charge is -2.11. The van der Waals surface area contributed by atoms with Crippen molar-refractivity contribution in [1.29, 1.82) is 0 Å². The van der Waals surface area contributed by atoms with Gasteiger partial charge in [0.1, 0.15) is 0 Å². The Hall–Kier alpha value is -2.66. The summed E-state index contributed by atoms with van der Waals surface area (Å²) in [5.74, 6) is -0.308. The highest BCUT2D eigenvalue weighted by Crippen LogP contribution is 2.27. The number of nitrogens with zero attached hydrogens (tertiary/aromatic N) is 2. The van der Waals surface area contributed by atoms with Gasteiger partial charge in [0.15, 0.2) is 0 Å². The van der Waals surface area contributed by atoms with Gasteiger partial charge in [-0.25, -0.2) is 4.79 Å². The molecule has 3 aromatic rings. The average Bonchev–Trinajstić information content (AvgIpc) is 2.95. The molecule has 0 fully saturated rings. The van der Waals surface area contributed by atoms with Crippen molar-refractivity contribution in [3.63, 3.8) is 0 Å². The van der Waals surface area contributed by atoms with E-state index in [0.717, 1.165) is 32.8 Å². The van der Waals surface area contributed by atoms with Gasteiger partial charge in [-0.3, -0.25) is 4.99 Å². The van der Waals surface area contributed by atoms with E-state index in [-0.39, 0.29) is 5.97 Å². The molecule has 2 aromatic carbocycles. The minimum Gasteiger partial charge on any atom is -0.462 e. The maximum absolute atomic E-state index is 12.1. The van der Waals surface area contributed by atoms with E-state index in [1.807, 2.05) is 43.5 Å². The normalized spacial score (nSPS) is 11.2. The van der Waals surface area contributed by atoms with Crippen LogP contribution in [0.15, 0.2) is 58.0 Å². The molecule has 0 unspecified atom stereocenters. The van der Waals surface area contributed by atoms with Crippen LogP contribution < -0.4 is 0 Å². The van der Waals surface area contributed by atoms with Gasteiger partial charge >= 0.3 is 5.97 Å². The molecule has 0 amide bonds. The van der Waals surface area contributed by atoms with Crippen LogP contribution >= 0.6 is 15.9 Å². The first-order valence-electron chi connectivity index (χ1n) is 9.17. The highest BCUT2D eigenvalue weighted by Gasteiger charge is 2.12. The van der Waals surface area contributed by atoms with Crippen molar-refractivity contribution in [3.05, 3.63) is 81.1 Å². The van der Waals surface area contributed by atoms with Gasteiger partial charge in [0.25, 0.3) is 0 Å². The maximum atomic E-state index is 12.1. The molecule has 0 N–H and O–H groups in total. The van der Waals surface area contributed by atoms with Crippen LogP contribution in [0.25, 0.3) is 5.69 Å². The van der Waals surface area contributed by atoms with Gasteiger partial charge in [-0.15, -0.1) is 0 Å². The van der Waals surface area contributed by atoms with E-state index in [2.05, 4.69) is 51.5 Å². The van der Waals surface area contributed by atoms with Crippen molar-refractivity contribution in [2.75, 3.05) is 6.61 Å². The number of esters is 1. The van der Waals surface area contributed by atoms with Crippen LogP contribution in [0, 0.1) is 20.8 Å². The third kappa shape index (κ3) is 4.25. The van der Waals surface area contributed by atoms with Crippen molar-refractivity contribution in [1.82, 2.24) is 4.57 Å². The van der Waals surface area contributed by atoms with E-state index in [1.165, 1.54) is 5.56 Å². The Balaban J connectivity index is 1.95. The number of rotatable bonds is 5. The second-order valence-electron chi connectivity index (χ2n) is 6.65. The van der Waals surface area contributed by atoms with Crippen LogP contribution in [-0.4, -0.2) is 23.4 Å². The molecule has 4 nitrogen and oxygen atoms in total. The fraction of sp³-hybridized carbons (Fsp3) is 0.217. The van der Waals surface area contributed by atoms with Crippen LogP contribution in [0.1, 0.15) is 39.8 Å². The first kappa shape index (κ1) is 20.1. The molecule has 0 aliphatic rings. The lowest BCUT2D eigenvalue weighted by Crippen LogP contribution is -2.06. The predicted molar refractivity (Wildman–Crippen MR) is 117 cm³/mol. The molecule has 5 heteroatoms. The first-order valence-corrected chi connectivity index (χ1v) is 9.96. The third-order valence-corrected chi connectivity index (χ3v) is 5.17. The number of aromatic nitrogens is 1. The fourth-order valence-corrected chi connectivity index (χ4v) is 3.75. The molecular formula is C23H23BrN2O2. The summed E-state index contributed by atoms with van der Waals surface area (Å²) in [6.45, 7) is 8.31. The Bertz CT molecular complexity index is 1050. The Morgan fingerprint density at radius 1 is 1.14 bits per heavy atom. The van der Waals surface area contributed by atoms with E-state index in [4.69, 9.17) is 4.74 Å². The highest BCUT2D eigenvalue weighted by molar-refractivity contribution is 9.10. The Morgan fingerprint density at radius 3 is 2.64 bits per heavy atom. The summed E-state index contributed by atoms with van der Waals surface area (Å²) < 4.78 is 8.21. The molecule has 28 heavy (non-hydrogen) atoms. The number of carbonyl (C=O) groups excluding carboxylic acids is 1. The molecule has 0 spiro atoms. The number of halogens is 1. The van der Waals surface area contributed by atoms with Gasteiger partial charge in [0, 0.05) is 33.3 Å². The van der Waals surface area contributed by atoms with E-state index in [9.17, 15) is 4.79 Å². The molecule has 0 radical (unpaired) electrons. The van der Waals surface area contributed by atoms with E-state index < -0.39 is 0 Å². The summed E-state index contributed by atoms with van der Waals surface area (Å²) in [4.78, 5) is 16.7. The monoisotopic (exact) mass is 438 g/mol. The zero-order chi connectivity index (χ0) is 20.3. The van der Waals surface area contributed by atoms with Crippen molar-refractivity contribution < 1.29 is 9.53 Å². The van der Waals surface area contributed by atoms with Gasteiger partial charge in [-0.05, 0) is 85.6 Å². The molecule has 0 aliphatic heterocycles. The summed E-state index contributed by atoms with van der Waals surface area (Å²) in [6, 6.07) is 15.7. The molecule has 3 rings (SSSR count). The number of aliphatic imine (C=N–C) groups is 1.